The Morgan fingerprint density at radius 2 is 1.81 bits per heavy atom. The van der Waals surface area contributed by atoms with E-state index in [1.807, 2.05) is 20.8 Å². The fourth-order valence-electron chi connectivity index (χ4n) is 2.56. The molecule has 0 spiro atoms. The Labute approximate surface area is 162 Å². The molecule has 1 aliphatic heterocycles. The number of hydrogen-bond donors (Lipinski definition) is 3. The minimum atomic E-state index is -4.08. The summed E-state index contributed by atoms with van der Waals surface area (Å²) < 4.78 is 26.5. The Morgan fingerprint density at radius 1 is 1.22 bits per heavy atom. The lowest BCUT2D eigenvalue weighted by Crippen LogP contribution is -2.38. The smallest absolute Gasteiger partial charge is 0.355 e. The zero-order chi connectivity index (χ0) is 20.4. The van der Waals surface area contributed by atoms with Crippen LogP contribution in [0.5, 0.6) is 0 Å². The molecular weight excluding hydrogens is 392 g/mol. The van der Waals surface area contributed by atoms with Gasteiger partial charge in [-0.3, -0.25) is 0 Å². The molecule has 1 aromatic carbocycles. The Kier molecular flexibility index (Phi) is 6.42. The van der Waals surface area contributed by atoms with Gasteiger partial charge in [-0.2, -0.15) is 0 Å². The average Bonchev–Trinajstić information content (AvgIpc) is 2.99. The summed E-state index contributed by atoms with van der Waals surface area (Å²) in [6.45, 7) is 5.51. The maximum atomic E-state index is 12.9. The number of carboxylic acids is 2. The molecule has 148 valence electrons. The zero-order valence-corrected chi connectivity index (χ0v) is 16.8. The molecule has 3 N–H and O–H groups in total. The second-order valence-electron chi connectivity index (χ2n) is 6.59. The van der Waals surface area contributed by atoms with Gasteiger partial charge in [0.15, 0.2) is 5.70 Å². The maximum absolute atomic E-state index is 12.9. The summed E-state index contributed by atoms with van der Waals surface area (Å²) >= 11 is 0.956. The van der Waals surface area contributed by atoms with Gasteiger partial charge in [-0.25, -0.2) is 22.3 Å². The van der Waals surface area contributed by atoms with Crippen LogP contribution in [0.4, 0.5) is 0 Å². The van der Waals surface area contributed by atoms with Crippen LogP contribution in [0.15, 0.2) is 39.9 Å². The summed E-state index contributed by atoms with van der Waals surface area (Å²) in [4.78, 5) is 23.2. The van der Waals surface area contributed by atoms with Gasteiger partial charge >= 0.3 is 11.9 Å². The molecule has 27 heavy (non-hydrogen) atoms. The molecular formula is C17H22N2O6S2. The highest BCUT2D eigenvalue weighted by molar-refractivity contribution is 8.04. The first-order valence-electron chi connectivity index (χ1n) is 8.23. The molecule has 0 aliphatic carbocycles. The van der Waals surface area contributed by atoms with Gasteiger partial charge in [0.25, 0.3) is 10.0 Å². The summed E-state index contributed by atoms with van der Waals surface area (Å²) in [5.74, 6) is -2.65. The SMILES string of the molecule is Cc1ccc(S(=O)(=O)N2CSC(N[C@@H](CC(C)C)C(=O)O)=C2C(=O)O)cc1. The number of thioether (sulfide) groups is 1. The third-order valence-electron chi connectivity index (χ3n) is 3.91. The van der Waals surface area contributed by atoms with Gasteiger partial charge in [0, 0.05) is 0 Å². The van der Waals surface area contributed by atoms with Crippen molar-refractivity contribution in [1.82, 2.24) is 9.62 Å². The molecule has 2 rings (SSSR count). The van der Waals surface area contributed by atoms with E-state index < -0.39 is 33.7 Å². The van der Waals surface area contributed by atoms with Crippen LogP contribution in [0.3, 0.4) is 0 Å². The first kappa shape index (κ1) is 21.1. The van der Waals surface area contributed by atoms with Crippen LogP contribution < -0.4 is 5.32 Å². The number of carbonyl (C=O) groups is 2. The largest absolute Gasteiger partial charge is 0.480 e. The predicted molar refractivity (Wildman–Crippen MR) is 101 cm³/mol. The maximum Gasteiger partial charge on any atom is 0.355 e. The number of benzene rings is 1. The van der Waals surface area contributed by atoms with Crippen LogP contribution in [-0.4, -0.2) is 46.8 Å². The van der Waals surface area contributed by atoms with E-state index in [0.29, 0.717) is 0 Å². The number of nitrogens with one attached hydrogen (secondary N) is 1. The molecule has 0 amide bonds. The Morgan fingerprint density at radius 3 is 2.30 bits per heavy atom. The van der Waals surface area contributed by atoms with Crippen LogP contribution in [0.1, 0.15) is 25.8 Å². The van der Waals surface area contributed by atoms with Gasteiger partial charge in [-0.15, -0.1) is 0 Å². The molecule has 1 aliphatic rings. The minimum Gasteiger partial charge on any atom is -0.480 e. The highest BCUT2D eigenvalue weighted by Gasteiger charge is 2.39. The molecule has 1 heterocycles. The summed E-state index contributed by atoms with van der Waals surface area (Å²) in [6, 6.07) is 5.08. The van der Waals surface area contributed by atoms with Gasteiger partial charge in [0.2, 0.25) is 0 Å². The number of rotatable bonds is 8. The third-order valence-corrected chi connectivity index (χ3v) is 6.82. The van der Waals surface area contributed by atoms with E-state index in [4.69, 9.17) is 0 Å². The van der Waals surface area contributed by atoms with Gasteiger partial charge in [-0.1, -0.05) is 43.3 Å². The molecule has 0 bridgehead atoms. The number of aliphatic carboxylic acids is 2. The van der Waals surface area contributed by atoms with Crippen molar-refractivity contribution in [2.24, 2.45) is 5.92 Å². The summed E-state index contributed by atoms with van der Waals surface area (Å²) in [7, 11) is -4.08. The van der Waals surface area contributed by atoms with Crippen molar-refractivity contribution in [2.75, 3.05) is 5.88 Å². The summed E-state index contributed by atoms with van der Waals surface area (Å²) in [5.41, 5.74) is 0.412. The molecule has 8 nitrogen and oxygen atoms in total. The quantitative estimate of drug-likeness (QED) is 0.590. The van der Waals surface area contributed by atoms with Gasteiger partial charge in [0.1, 0.15) is 11.1 Å². The summed E-state index contributed by atoms with van der Waals surface area (Å²) in [6.07, 6.45) is 0.275. The molecule has 0 fully saturated rings. The highest BCUT2D eigenvalue weighted by Crippen LogP contribution is 2.35. The van der Waals surface area contributed by atoms with Gasteiger partial charge in [-0.05, 0) is 31.4 Å². The normalized spacial score (nSPS) is 15.9. The van der Waals surface area contributed by atoms with Gasteiger partial charge in [0.05, 0.1) is 10.8 Å². The van der Waals surface area contributed by atoms with Crippen molar-refractivity contribution in [1.29, 1.82) is 0 Å². The number of aryl methyl sites for hydroxylation is 1. The minimum absolute atomic E-state index is 0.0225. The number of carboxylic acid groups (broad SMARTS) is 2. The van der Waals surface area contributed by atoms with Crippen molar-refractivity contribution in [3.05, 3.63) is 40.6 Å². The van der Waals surface area contributed by atoms with E-state index >= 15 is 0 Å². The van der Waals surface area contributed by atoms with E-state index in [0.717, 1.165) is 21.6 Å². The lowest BCUT2D eigenvalue weighted by Gasteiger charge is -2.20. The fraction of sp³-hybridized carbons (Fsp3) is 0.412. The number of nitrogens with zero attached hydrogens (tertiary/aromatic N) is 1. The molecule has 0 radical (unpaired) electrons. The Bertz CT molecular complexity index is 862. The lowest BCUT2D eigenvalue weighted by molar-refractivity contribution is -0.140. The molecule has 0 saturated heterocycles. The van der Waals surface area contributed by atoms with E-state index in [-0.39, 0.29) is 28.1 Å². The topological polar surface area (TPSA) is 124 Å². The fourth-order valence-corrected chi connectivity index (χ4v) is 5.41. The molecule has 1 atom stereocenters. The van der Waals surface area contributed by atoms with Crippen LogP contribution >= 0.6 is 11.8 Å². The predicted octanol–water partition coefficient (Wildman–Crippen LogP) is 2.03. The van der Waals surface area contributed by atoms with Crippen molar-refractivity contribution in [3.8, 4) is 0 Å². The van der Waals surface area contributed by atoms with Crippen molar-refractivity contribution in [2.45, 2.75) is 38.1 Å². The van der Waals surface area contributed by atoms with E-state index in [9.17, 15) is 28.2 Å². The van der Waals surface area contributed by atoms with Crippen molar-refractivity contribution >= 4 is 33.7 Å². The van der Waals surface area contributed by atoms with Crippen LogP contribution in [-0.2, 0) is 19.6 Å². The monoisotopic (exact) mass is 414 g/mol. The van der Waals surface area contributed by atoms with E-state index in [2.05, 4.69) is 5.32 Å². The van der Waals surface area contributed by atoms with E-state index in [1.54, 1.807) is 12.1 Å². The molecule has 0 aromatic heterocycles. The third kappa shape index (κ3) is 4.75. The first-order chi connectivity index (χ1) is 12.5. The van der Waals surface area contributed by atoms with Crippen molar-refractivity contribution < 1.29 is 28.2 Å². The molecule has 1 aromatic rings. The standard InChI is InChI=1S/C17H22N2O6S2/c1-10(2)8-13(16(20)21)18-15-14(17(22)23)19(9-26-15)27(24,25)12-6-4-11(3)5-7-12/h4-7,10,13,18H,8-9H2,1-3H3,(H,20,21)(H,22,23)/t13-/m0/s1. The number of sulfonamides is 1. The Hall–Kier alpha value is -2.20. The second-order valence-corrected chi connectivity index (χ2v) is 9.41. The highest BCUT2D eigenvalue weighted by atomic mass is 32.2. The van der Waals surface area contributed by atoms with Crippen LogP contribution in [0, 0.1) is 12.8 Å². The summed E-state index contributed by atoms with van der Waals surface area (Å²) in [5, 5.41) is 21.7. The molecule has 0 saturated carbocycles. The average molecular weight is 415 g/mol. The Balaban J connectivity index is 2.40. The number of hydrogen-bond acceptors (Lipinski definition) is 6. The van der Waals surface area contributed by atoms with Gasteiger partial charge < -0.3 is 15.5 Å². The second kappa shape index (κ2) is 8.22. The van der Waals surface area contributed by atoms with E-state index in [1.165, 1.54) is 12.1 Å². The lowest BCUT2D eigenvalue weighted by atomic mass is 10.0. The van der Waals surface area contributed by atoms with Crippen LogP contribution in [0.25, 0.3) is 0 Å². The first-order valence-corrected chi connectivity index (χ1v) is 10.7. The van der Waals surface area contributed by atoms with Crippen molar-refractivity contribution in [3.63, 3.8) is 0 Å². The zero-order valence-electron chi connectivity index (χ0n) is 15.2. The molecule has 0 unspecified atom stereocenters. The molecule has 10 heteroatoms. The van der Waals surface area contributed by atoms with Crippen LogP contribution in [0.2, 0.25) is 0 Å².